The van der Waals surface area contributed by atoms with Crippen LogP contribution in [-0.2, 0) is 6.54 Å². The standard InChI is InChI=1S/C16H20N2/c17-12-16(10-13-6-8-15(16)9-7-13)18-11-14-4-2-1-3-5-14/h1-5,13,15,18H,6-11H2. The lowest BCUT2D eigenvalue weighted by Gasteiger charge is -2.48. The minimum atomic E-state index is -0.253. The number of nitrogens with one attached hydrogen (secondary N) is 1. The zero-order chi connectivity index (χ0) is 12.4. The first-order valence-corrected chi connectivity index (χ1v) is 7.02. The molecule has 3 aliphatic carbocycles. The molecule has 94 valence electrons. The molecule has 2 heteroatoms. The van der Waals surface area contributed by atoms with Crippen molar-refractivity contribution in [3.05, 3.63) is 35.9 Å². The van der Waals surface area contributed by atoms with Crippen molar-refractivity contribution in [2.75, 3.05) is 0 Å². The SMILES string of the molecule is N#CC1(NCc2ccccc2)CC2CCC1CC2. The van der Waals surface area contributed by atoms with Gasteiger partial charge in [0.25, 0.3) is 0 Å². The van der Waals surface area contributed by atoms with E-state index in [2.05, 4.69) is 35.7 Å². The molecule has 1 unspecified atom stereocenters. The molecule has 0 aliphatic heterocycles. The Morgan fingerprint density at radius 1 is 1.17 bits per heavy atom. The van der Waals surface area contributed by atoms with Crippen LogP contribution in [-0.4, -0.2) is 5.54 Å². The average molecular weight is 240 g/mol. The van der Waals surface area contributed by atoms with Crippen molar-refractivity contribution in [1.82, 2.24) is 5.32 Å². The summed E-state index contributed by atoms with van der Waals surface area (Å²) >= 11 is 0. The molecule has 0 amide bonds. The smallest absolute Gasteiger partial charge is 0.110 e. The van der Waals surface area contributed by atoms with Gasteiger partial charge >= 0.3 is 0 Å². The number of rotatable bonds is 3. The zero-order valence-electron chi connectivity index (χ0n) is 10.7. The van der Waals surface area contributed by atoms with E-state index in [-0.39, 0.29) is 5.54 Å². The van der Waals surface area contributed by atoms with Crippen LogP contribution in [0.3, 0.4) is 0 Å². The normalized spacial score (nSPS) is 34.2. The molecule has 1 aromatic carbocycles. The molecule has 0 heterocycles. The summed E-state index contributed by atoms with van der Waals surface area (Å²) in [7, 11) is 0. The summed E-state index contributed by atoms with van der Waals surface area (Å²) in [6.45, 7) is 0.817. The van der Waals surface area contributed by atoms with Gasteiger partial charge in [-0.3, -0.25) is 5.32 Å². The first-order valence-electron chi connectivity index (χ1n) is 7.02. The van der Waals surface area contributed by atoms with Crippen LogP contribution in [0.4, 0.5) is 0 Å². The van der Waals surface area contributed by atoms with Gasteiger partial charge in [0.05, 0.1) is 6.07 Å². The fraction of sp³-hybridized carbons (Fsp3) is 0.562. The molecule has 1 aromatic rings. The third kappa shape index (κ3) is 2.04. The van der Waals surface area contributed by atoms with E-state index >= 15 is 0 Å². The lowest BCUT2D eigenvalue weighted by molar-refractivity contribution is 0.0781. The Hall–Kier alpha value is -1.33. The van der Waals surface area contributed by atoms with Gasteiger partial charge in [0.2, 0.25) is 0 Å². The lowest BCUT2D eigenvalue weighted by atomic mass is 9.61. The summed E-state index contributed by atoms with van der Waals surface area (Å²) in [5, 5.41) is 13.2. The van der Waals surface area contributed by atoms with E-state index in [9.17, 15) is 5.26 Å². The van der Waals surface area contributed by atoms with Gasteiger partial charge in [-0.15, -0.1) is 0 Å². The molecule has 0 aromatic heterocycles. The van der Waals surface area contributed by atoms with Crippen molar-refractivity contribution in [3.8, 4) is 6.07 Å². The molecular weight excluding hydrogens is 220 g/mol. The second-order valence-corrected chi connectivity index (χ2v) is 5.84. The van der Waals surface area contributed by atoms with Gasteiger partial charge in [-0.1, -0.05) is 30.3 Å². The summed E-state index contributed by atoms with van der Waals surface area (Å²) in [4.78, 5) is 0. The van der Waals surface area contributed by atoms with E-state index in [0.717, 1.165) is 18.9 Å². The molecule has 1 N–H and O–H groups in total. The van der Waals surface area contributed by atoms with Crippen molar-refractivity contribution < 1.29 is 0 Å². The van der Waals surface area contributed by atoms with Crippen molar-refractivity contribution >= 4 is 0 Å². The Morgan fingerprint density at radius 3 is 2.44 bits per heavy atom. The van der Waals surface area contributed by atoms with Crippen molar-refractivity contribution in [2.45, 2.75) is 44.2 Å². The fourth-order valence-electron chi connectivity index (χ4n) is 3.73. The zero-order valence-corrected chi connectivity index (χ0v) is 10.7. The van der Waals surface area contributed by atoms with E-state index in [0.29, 0.717) is 5.92 Å². The van der Waals surface area contributed by atoms with Crippen LogP contribution >= 0.6 is 0 Å². The molecule has 3 fully saturated rings. The maximum atomic E-state index is 9.63. The number of nitrogens with zero attached hydrogens (tertiary/aromatic N) is 1. The number of hydrogen-bond donors (Lipinski definition) is 1. The highest BCUT2D eigenvalue weighted by Gasteiger charge is 2.47. The van der Waals surface area contributed by atoms with Gasteiger partial charge in [0, 0.05) is 6.54 Å². The summed E-state index contributed by atoms with van der Waals surface area (Å²) < 4.78 is 0. The lowest BCUT2D eigenvalue weighted by Crippen LogP contribution is -2.56. The highest BCUT2D eigenvalue weighted by molar-refractivity contribution is 5.19. The molecule has 0 saturated heterocycles. The third-order valence-corrected chi connectivity index (χ3v) is 4.80. The molecule has 3 saturated carbocycles. The highest BCUT2D eigenvalue weighted by atomic mass is 15.0. The summed E-state index contributed by atoms with van der Waals surface area (Å²) in [5.41, 5.74) is 1.02. The molecule has 2 bridgehead atoms. The highest BCUT2D eigenvalue weighted by Crippen LogP contribution is 2.47. The molecule has 3 aliphatic rings. The van der Waals surface area contributed by atoms with Crippen LogP contribution in [0.2, 0.25) is 0 Å². The van der Waals surface area contributed by atoms with Crippen LogP contribution in [0.5, 0.6) is 0 Å². The number of benzene rings is 1. The summed E-state index contributed by atoms with van der Waals surface area (Å²) in [6.07, 6.45) is 6.20. The molecule has 2 nitrogen and oxygen atoms in total. The maximum Gasteiger partial charge on any atom is 0.110 e. The van der Waals surface area contributed by atoms with Crippen LogP contribution in [0, 0.1) is 23.2 Å². The van der Waals surface area contributed by atoms with Crippen LogP contribution < -0.4 is 5.32 Å². The largest absolute Gasteiger partial charge is 0.295 e. The van der Waals surface area contributed by atoms with Crippen LogP contribution in [0.15, 0.2) is 30.3 Å². The molecule has 0 radical (unpaired) electrons. The Kier molecular flexibility index (Phi) is 3.09. The number of hydrogen-bond acceptors (Lipinski definition) is 2. The van der Waals surface area contributed by atoms with Crippen LogP contribution in [0.25, 0.3) is 0 Å². The molecule has 18 heavy (non-hydrogen) atoms. The summed E-state index contributed by atoms with van der Waals surface area (Å²) in [6, 6.07) is 13.0. The quantitative estimate of drug-likeness (QED) is 0.880. The number of nitriles is 1. The van der Waals surface area contributed by atoms with E-state index in [4.69, 9.17) is 0 Å². The van der Waals surface area contributed by atoms with Crippen molar-refractivity contribution in [1.29, 1.82) is 5.26 Å². The Bertz CT molecular complexity index is 440. The van der Waals surface area contributed by atoms with Crippen LogP contribution in [0.1, 0.15) is 37.7 Å². The van der Waals surface area contributed by atoms with Gasteiger partial charge in [-0.25, -0.2) is 0 Å². The first kappa shape index (κ1) is 11.7. The minimum Gasteiger partial charge on any atom is -0.295 e. The predicted molar refractivity (Wildman–Crippen MR) is 71.7 cm³/mol. The van der Waals surface area contributed by atoms with E-state index in [1.165, 1.54) is 31.2 Å². The van der Waals surface area contributed by atoms with Gasteiger partial charge in [0.15, 0.2) is 0 Å². The van der Waals surface area contributed by atoms with Gasteiger partial charge < -0.3 is 0 Å². The topological polar surface area (TPSA) is 35.8 Å². The van der Waals surface area contributed by atoms with Gasteiger partial charge in [-0.05, 0) is 49.5 Å². The van der Waals surface area contributed by atoms with Crippen molar-refractivity contribution in [3.63, 3.8) is 0 Å². The second-order valence-electron chi connectivity index (χ2n) is 5.84. The Morgan fingerprint density at radius 2 is 1.89 bits per heavy atom. The molecule has 0 spiro atoms. The molecule has 1 atom stereocenters. The predicted octanol–water partition coefficient (Wildman–Crippen LogP) is 3.25. The van der Waals surface area contributed by atoms with E-state index in [1.54, 1.807) is 0 Å². The monoisotopic (exact) mass is 240 g/mol. The average Bonchev–Trinajstić information content (AvgIpc) is 2.47. The minimum absolute atomic E-state index is 0.253. The van der Waals surface area contributed by atoms with Gasteiger partial charge in [0.1, 0.15) is 5.54 Å². The maximum absolute atomic E-state index is 9.63. The number of fused-ring (bicyclic) bond motifs is 3. The van der Waals surface area contributed by atoms with E-state index in [1.807, 2.05) is 6.07 Å². The Balaban J connectivity index is 1.72. The van der Waals surface area contributed by atoms with E-state index < -0.39 is 0 Å². The second kappa shape index (κ2) is 4.74. The third-order valence-electron chi connectivity index (χ3n) is 4.80. The molecular formula is C16H20N2. The first-order chi connectivity index (χ1) is 8.82. The fourth-order valence-corrected chi connectivity index (χ4v) is 3.73. The summed E-state index contributed by atoms with van der Waals surface area (Å²) in [5.74, 6) is 1.34. The van der Waals surface area contributed by atoms with Crippen molar-refractivity contribution in [2.24, 2.45) is 11.8 Å². The molecule has 4 rings (SSSR count). The Labute approximate surface area is 109 Å². The van der Waals surface area contributed by atoms with Gasteiger partial charge in [-0.2, -0.15) is 5.26 Å².